The first kappa shape index (κ1) is 55.2. The third kappa shape index (κ3) is 12.9. The van der Waals surface area contributed by atoms with Gasteiger partial charge in [-0.15, -0.1) is 5.10 Å². The van der Waals surface area contributed by atoms with E-state index < -0.39 is 97.7 Å². The van der Waals surface area contributed by atoms with Gasteiger partial charge in [0.25, 0.3) is 5.91 Å². The van der Waals surface area contributed by atoms with Gasteiger partial charge in [0, 0.05) is 5.56 Å². The van der Waals surface area contributed by atoms with Crippen molar-refractivity contribution < 1.29 is 69.9 Å². The van der Waals surface area contributed by atoms with Crippen LogP contribution < -0.4 is 5.32 Å². The Labute approximate surface area is 412 Å². The molecule has 5 aromatic rings. The van der Waals surface area contributed by atoms with Gasteiger partial charge in [0.2, 0.25) is 0 Å². The predicted octanol–water partition coefficient (Wildman–Crippen LogP) is 5.74. The van der Waals surface area contributed by atoms with Crippen LogP contribution in [-0.4, -0.2) is 128 Å². The molecule has 0 aliphatic carbocycles. The number of nitrogens with zero attached hydrogens (tertiary/aromatic N) is 9. The number of nitriles is 2. The number of anilines is 1. The number of carbonyl (C=O) groups is 1. The summed E-state index contributed by atoms with van der Waals surface area (Å²) in [6.07, 6.45) is -9.60. The number of aromatic nitrogens is 7. The Morgan fingerprint density at radius 2 is 1.61 bits per heavy atom. The maximum atomic E-state index is 17.0. The lowest BCUT2D eigenvalue weighted by atomic mass is 10.1. The van der Waals surface area contributed by atoms with Crippen molar-refractivity contribution in [1.82, 2.24) is 34.5 Å². The standard InChI is InChI=1S/C41H51FN10O12P2SSi.CO2/c1-25-13-10-16-27-31(25)49-50-52(27)40-35(34(28(21-53)60-40)64-68(5,6)41(2,3)4)63-66(67,58-20-12-18-44)59-22-29-33(62-65(55,56)57-19-11-17-43)30(42)39(61-29)51-24-47-32-36(45-23-46-37(32)51)48-38(54)26-14-8-7-9-15-26;2-1-3/h7-10,13-16,23-24,28-30,33-35,39-40,53H,11-12,19-22H2,1-6H3,(H,55,56)(H,45,46,48,54);/t28-,29-,30-,33-,34-,35-,39-,40-,66?;/m1./s1. The van der Waals surface area contributed by atoms with E-state index in [9.17, 15) is 24.6 Å². The molecule has 3 aromatic heterocycles. The lowest BCUT2D eigenvalue weighted by molar-refractivity contribution is -0.191. The van der Waals surface area contributed by atoms with Crippen molar-refractivity contribution in [3.63, 3.8) is 0 Å². The van der Waals surface area contributed by atoms with Crippen molar-refractivity contribution >= 4 is 74.7 Å². The van der Waals surface area contributed by atoms with Crippen LogP contribution in [-0.2, 0) is 62.5 Å². The molecule has 71 heavy (non-hydrogen) atoms. The third-order valence-electron chi connectivity index (χ3n) is 11.6. The van der Waals surface area contributed by atoms with E-state index in [1.54, 1.807) is 42.5 Å². The van der Waals surface area contributed by atoms with Crippen LogP contribution in [0.3, 0.4) is 0 Å². The average molecular weight is 1060 g/mol. The number of rotatable bonds is 20. The number of hydrogen-bond acceptors (Lipinski definition) is 21. The smallest absolute Gasteiger partial charge is 0.408 e. The molecule has 2 fully saturated rings. The fraction of sp³-hybridized carbons (Fsp3) is 0.500. The first-order chi connectivity index (χ1) is 33.7. The number of phosphoric ester groups is 1. The van der Waals surface area contributed by atoms with E-state index in [1.165, 1.54) is 15.6 Å². The third-order valence-corrected chi connectivity index (χ3v) is 19.5. The Bertz CT molecular complexity index is 2880. The van der Waals surface area contributed by atoms with Crippen molar-refractivity contribution in [2.24, 2.45) is 0 Å². The minimum absolute atomic E-state index is 0.00398. The zero-order valence-electron chi connectivity index (χ0n) is 39.1. The van der Waals surface area contributed by atoms with E-state index in [2.05, 4.69) is 30.6 Å². The Morgan fingerprint density at radius 3 is 2.27 bits per heavy atom. The molecule has 10 atom stereocenters. The molecule has 0 bridgehead atoms. The number of aliphatic hydroxyl groups is 1. The van der Waals surface area contributed by atoms with Gasteiger partial charge in [0.1, 0.15) is 42.4 Å². The van der Waals surface area contributed by atoms with Gasteiger partial charge in [-0.3, -0.25) is 22.9 Å². The molecule has 2 unspecified atom stereocenters. The van der Waals surface area contributed by atoms with E-state index in [0.29, 0.717) is 16.6 Å². The number of hydrogen-bond donors (Lipinski definition) is 3. The van der Waals surface area contributed by atoms with E-state index in [0.717, 1.165) is 11.9 Å². The summed E-state index contributed by atoms with van der Waals surface area (Å²) in [6.45, 7) is 5.85. The van der Waals surface area contributed by atoms with Crippen LogP contribution in [0, 0.1) is 29.6 Å². The molecule has 0 radical (unpaired) electrons. The largest absolute Gasteiger partial charge is 0.472 e. The van der Waals surface area contributed by atoms with E-state index in [4.69, 9.17) is 63.2 Å². The number of fused-ring (bicyclic) bond motifs is 2. The number of ether oxygens (including phenoxy) is 2. The second-order valence-corrected chi connectivity index (χ2v) is 26.5. The molecule has 2 saturated heterocycles. The van der Waals surface area contributed by atoms with Gasteiger partial charge in [-0.1, -0.05) is 56.3 Å². The van der Waals surface area contributed by atoms with Gasteiger partial charge in [-0.05, 0) is 60.6 Å². The highest BCUT2D eigenvalue weighted by molar-refractivity contribution is 8.07. The van der Waals surface area contributed by atoms with Crippen molar-refractivity contribution in [1.29, 1.82) is 10.5 Å². The zero-order valence-corrected chi connectivity index (χ0v) is 42.7. The number of alkyl halides is 1. The van der Waals surface area contributed by atoms with E-state index >= 15 is 4.39 Å². The minimum atomic E-state index is -5.08. The fourth-order valence-corrected chi connectivity index (χ4v) is 11.5. The second kappa shape index (κ2) is 23.6. The van der Waals surface area contributed by atoms with Crippen molar-refractivity contribution in [3.05, 3.63) is 72.3 Å². The molecule has 24 nitrogen and oxygen atoms in total. The van der Waals surface area contributed by atoms with Crippen LogP contribution in [0.5, 0.6) is 0 Å². The minimum Gasteiger partial charge on any atom is -0.408 e. The molecule has 0 saturated carbocycles. The lowest BCUT2D eigenvalue weighted by Gasteiger charge is -2.41. The summed E-state index contributed by atoms with van der Waals surface area (Å²) in [7, 11) is -7.77. The number of halogens is 1. The Kier molecular flexibility index (Phi) is 18.3. The molecular formula is C42H51FN10O14P2SSi. The summed E-state index contributed by atoms with van der Waals surface area (Å²) >= 11 is 6.04. The number of phosphoric acid groups is 1. The summed E-state index contributed by atoms with van der Waals surface area (Å²) in [5, 5.41) is 40.4. The van der Waals surface area contributed by atoms with Crippen molar-refractivity contribution in [3.8, 4) is 12.1 Å². The van der Waals surface area contributed by atoms with Gasteiger partial charge in [-0.2, -0.15) is 20.1 Å². The number of nitrogens with one attached hydrogen (secondary N) is 1. The van der Waals surface area contributed by atoms with Gasteiger partial charge in [-0.25, -0.2) is 28.6 Å². The molecule has 2 aliphatic rings. The van der Waals surface area contributed by atoms with Gasteiger partial charge in [0.15, 0.2) is 43.9 Å². The number of aliphatic hydroxyl groups excluding tert-OH is 1. The van der Waals surface area contributed by atoms with Gasteiger partial charge >= 0.3 is 20.7 Å². The number of benzene rings is 2. The Balaban J connectivity index is 0.00000268. The van der Waals surface area contributed by atoms with Gasteiger partial charge < -0.3 is 38.3 Å². The van der Waals surface area contributed by atoms with Crippen LogP contribution >= 0.6 is 14.5 Å². The number of imidazole rings is 1. The summed E-state index contributed by atoms with van der Waals surface area (Å²) in [5.41, 5.74) is 2.38. The number of amides is 1. The summed E-state index contributed by atoms with van der Waals surface area (Å²) in [5.74, 6) is -0.495. The molecule has 3 N–H and O–H groups in total. The SMILES string of the molecule is Cc1cccc2c1nnn2[C@@H]1O[C@H](CO)[C@@H](O[Si](C)(C)C(C)(C)C)[C@H]1OP(=S)(OCCC#N)OC[C@H]1O[C@@H](n2cnc3c(NC(=O)c4ccccc4)ncnc32)[C@H](F)[C@@H]1OP(=O)(O)OCCC#N.O=C=O. The summed E-state index contributed by atoms with van der Waals surface area (Å²) in [6, 6.07) is 17.6. The maximum Gasteiger partial charge on any atom is 0.472 e. The number of carbonyl (C=O) groups excluding carboxylic acids is 3. The van der Waals surface area contributed by atoms with Crippen LogP contribution in [0.15, 0.2) is 61.2 Å². The highest BCUT2D eigenvalue weighted by Gasteiger charge is 2.55. The number of aryl methyl sites for hydroxylation is 1. The molecule has 0 spiro atoms. The molecule has 5 heterocycles. The van der Waals surface area contributed by atoms with Crippen LogP contribution in [0.25, 0.3) is 22.2 Å². The lowest BCUT2D eigenvalue weighted by Crippen LogP contribution is -2.50. The first-order valence-corrected chi connectivity index (χ1v) is 28.7. The van der Waals surface area contributed by atoms with Gasteiger partial charge in [0.05, 0.1) is 63.3 Å². The monoisotopic (exact) mass is 1060 g/mol. The van der Waals surface area contributed by atoms with Crippen molar-refractivity contribution in [2.75, 3.05) is 31.7 Å². The van der Waals surface area contributed by atoms with E-state index in [-0.39, 0.29) is 47.6 Å². The summed E-state index contributed by atoms with van der Waals surface area (Å²) < 4.78 is 82.0. The topological polar surface area (TPSA) is 316 Å². The molecule has 2 aliphatic heterocycles. The Hall–Kier alpha value is -5.15. The normalized spacial score (nSPS) is 24.0. The maximum absolute atomic E-state index is 17.0. The molecule has 29 heteroatoms. The van der Waals surface area contributed by atoms with Crippen LogP contribution in [0.1, 0.15) is 62.0 Å². The molecular weight excluding hydrogens is 1010 g/mol. The second-order valence-electron chi connectivity index (χ2n) is 17.4. The zero-order chi connectivity index (χ0) is 51.7. The predicted molar refractivity (Wildman–Crippen MR) is 251 cm³/mol. The molecule has 7 rings (SSSR count). The van der Waals surface area contributed by atoms with Crippen molar-refractivity contribution in [2.45, 2.75) is 108 Å². The molecule has 1 amide bonds. The van der Waals surface area contributed by atoms with E-state index in [1.807, 2.05) is 59.0 Å². The molecule has 2 aromatic carbocycles. The fourth-order valence-electron chi connectivity index (χ4n) is 7.19. The summed E-state index contributed by atoms with van der Waals surface area (Å²) in [4.78, 5) is 52.8. The highest BCUT2D eigenvalue weighted by atomic mass is 32.5. The molecule has 380 valence electrons. The van der Waals surface area contributed by atoms with Crippen LogP contribution in [0.4, 0.5) is 10.2 Å². The Morgan fingerprint density at radius 1 is 0.930 bits per heavy atom. The van der Waals surface area contributed by atoms with Crippen LogP contribution in [0.2, 0.25) is 18.1 Å². The quantitative estimate of drug-likeness (QED) is 0.0475. The average Bonchev–Trinajstić information content (AvgIpc) is 4.10. The first-order valence-electron chi connectivity index (χ1n) is 21.8. The highest BCUT2D eigenvalue weighted by Crippen LogP contribution is 2.57.